The van der Waals surface area contributed by atoms with Gasteiger partial charge in [-0.15, -0.1) is 0 Å². The van der Waals surface area contributed by atoms with Gasteiger partial charge in [-0.2, -0.15) is 0 Å². The second kappa shape index (κ2) is 11.3. The molecular weight excluding hydrogens is 120 g/mol. The van der Waals surface area contributed by atoms with Crippen LogP contribution in [-0.2, 0) is 0 Å². The van der Waals surface area contributed by atoms with E-state index in [2.05, 4.69) is 31.2 Å². The van der Waals surface area contributed by atoms with Gasteiger partial charge in [0.15, 0.2) is 0 Å². The third-order valence-electron chi connectivity index (χ3n) is 0.940. The molecule has 10 heavy (non-hydrogen) atoms. The van der Waals surface area contributed by atoms with Crippen molar-refractivity contribution in [2.45, 2.75) is 34.6 Å². The second-order valence-corrected chi connectivity index (χ2v) is 1.63. The van der Waals surface area contributed by atoms with E-state index >= 15 is 0 Å². The molecule has 0 unspecified atom stereocenters. The van der Waals surface area contributed by atoms with E-state index in [-0.39, 0.29) is 0 Å². The topological polar surface area (TPSA) is 0 Å². The first-order valence-corrected chi connectivity index (χ1v) is 4.24. The van der Waals surface area contributed by atoms with Crippen molar-refractivity contribution in [2.24, 2.45) is 5.92 Å². The van der Waals surface area contributed by atoms with Gasteiger partial charge in [-0.1, -0.05) is 58.9 Å². The monoisotopic (exact) mass is 140 g/mol. The molecule has 0 heterocycles. The zero-order chi connectivity index (χ0) is 8.41. The molecule has 0 spiro atoms. The molecule has 1 aliphatic carbocycles. The Labute approximate surface area is 65.7 Å². The van der Waals surface area contributed by atoms with Crippen LogP contribution >= 0.6 is 0 Å². The molecule has 0 atom stereocenters. The summed E-state index contributed by atoms with van der Waals surface area (Å²) in [6.45, 7) is 10.2. The normalized spacial score (nSPS) is 13.3. The first kappa shape index (κ1) is 12.2. The van der Waals surface area contributed by atoms with E-state index in [1.165, 1.54) is 0 Å². The Morgan fingerprint density at radius 1 is 0.800 bits per heavy atom. The molecule has 0 bridgehead atoms. The van der Waals surface area contributed by atoms with E-state index in [4.69, 9.17) is 0 Å². The Hall–Kier alpha value is -0.520. The second-order valence-electron chi connectivity index (χ2n) is 1.63. The lowest BCUT2D eigenvalue weighted by Gasteiger charge is -1.84. The highest BCUT2D eigenvalue weighted by Crippen LogP contribution is 2.04. The molecule has 0 N–H and O–H groups in total. The SMILES string of the molecule is CC.CC.CC1C=CC=C1. The van der Waals surface area contributed by atoms with Crippen LogP contribution in [0.25, 0.3) is 0 Å². The molecule has 0 amide bonds. The summed E-state index contributed by atoms with van der Waals surface area (Å²) in [6.07, 6.45) is 8.48. The smallest absolute Gasteiger partial charge is 0.00756 e. The fourth-order valence-electron chi connectivity index (χ4n) is 0.543. The van der Waals surface area contributed by atoms with E-state index in [0.717, 1.165) is 0 Å². The zero-order valence-electron chi connectivity index (χ0n) is 7.89. The van der Waals surface area contributed by atoms with Crippen LogP contribution in [0.1, 0.15) is 34.6 Å². The van der Waals surface area contributed by atoms with Gasteiger partial charge in [-0.3, -0.25) is 0 Å². The molecule has 0 aliphatic heterocycles. The number of rotatable bonds is 0. The molecule has 0 nitrogen and oxygen atoms in total. The molecule has 0 aromatic rings. The van der Waals surface area contributed by atoms with Crippen LogP contribution in [-0.4, -0.2) is 0 Å². The lowest BCUT2D eigenvalue weighted by molar-refractivity contribution is 0.958. The fourth-order valence-corrected chi connectivity index (χ4v) is 0.543. The maximum atomic E-state index is 2.17. The van der Waals surface area contributed by atoms with Gasteiger partial charge in [0.2, 0.25) is 0 Å². The summed E-state index contributed by atoms with van der Waals surface area (Å²) in [7, 11) is 0. The minimum Gasteiger partial charge on any atom is -0.0779 e. The third-order valence-corrected chi connectivity index (χ3v) is 0.940. The van der Waals surface area contributed by atoms with E-state index in [1.54, 1.807) is 0 Å². The van der Waals surface area contributed by atoms with Crippen molar-refractivity contribution in [3.8, 4) is 0 Å². The summed E-state index contributed by atoms with van der Waals surface area (Å²) in [5.74, 6) is 0.685. The van der Waals surface area contributed by atoms with Crippen molar-refractivity contribution >= 4 is 0 Å². The van der Waals surface area contributed by atoms with Crippen LogP contribution in [0.2, 0.25) is 0 Å². The van der Waals surface area contributed by atoms with Crippen LogP contribution in [0, 0.1) is 5.92 Å². The number of hydrogen-bond acceptors (Lipinski definition) is 0. The lowest BCUT2D eigenvalue weighted by Crippen LogP contribution is -1.72. The van der Waals surface area contributed by atoms with Crippen LogP contribution in [0.3, 0.4) is 0 Å². The van der Waals surface area contributed by atoms with Gasteiger partial charge >= 0.3 is 0 Å². The van der Waals surface area contributed by atoms with E-state index < -0.39 is 0 Å². The maximum absolute atomic E-state index is 2.17. The van der Waals surface area contributed by atoms with Crippen molar-refractivity contribution in [3.63, 3.8) is 0 Å². The van der Waals surface area contributed by atoms with Crippen molar-refractivity contribution < 1.29 is 0 Å². The Morgan fingerprint density at radius 2 is 1.10 bits per heavy atom. The molecule has 0 aromatic heterocycles. The average molecular weight is 140 g/mol. The summed E-state index contributed by atoms with van der Waals surface area (Å²) in [5.41, 5.74) is 0. The lowest BCUT2D eigenvalue weighted by atomic mass is 10.2. The Bertz CT molecular complexity index is 76.2. The standard InChI is InChI=1S/C6H8.2C2H6/c1-6-4-2-3-5-6;2*1-2/h2-6H,1H3;2*1-2H3. The van der Waals surface area contributed by atoms with Crippen molar-refractivity contribution in [2.75, 3.05) is 0 Å². The van der Waals surface area contributed by atoms with E-state index in [1.807, 2.05) is 27.7 Å². The van der Waals surface area contributed by atoms with Crippen LogP contribution in [0.15, 0.2) is 24.3 Å². The van der Waals surface area contributed by atoms with Gasteiger partial charge in [-0.05, 0) is 5.92 Å². The predicted molar refractivity (Wildman–Crippen MR) is 50.1 cm³/mol. The molecule has 0 heteroatoms. The third kappa shape index (κ3) is 7.48. The largest absolute Gasteiger partial charge is 0.0779 e. The van der Waals surface area contributed by atoms with Gasteiger partial charge in [0.05, 0.1) is 0 Å². The Morgan fingerprint density at radius 3 is 1.20 bits per heavy atom. The van der Waals surface area contributed by atoms with Crippen molar-refractivity contribution in [1.29, 1.82) is 0 Å². The van der Waals surface area contributed by atoms with Gasteiger partial charge in [-0.25, -0.2) is 0 Å². The maximum Gasteiger partial charge on any atom is -0.00756 e. The predicted octanol–water partition coefficient (Wildman–Crippen LogP) is 3.80. The highest BCUT2D eigenvalue weighted by Gasteiger charge is 1.89. The Kier molecular flexibility index (Phi) is 13.8. The zero-order valence-corrected chi connectivity index (χ0v) is 7.89. The minimum atomic E-state index is 0.685. The molecule has 0 radical (unpaired) electrons. The first-order chi connectivity index (χ1) is 4.89. The highest BCUT2D eigenvalue weighted by atomic mass is 14.0. The van der Waals surface area contributed by atoms with Gasteiger partial charge in [0.25, 0.3) is 0 Å². The summed E-state index contributed by atoms with van der Waals surface area (Å²) < 4.78 is 0. The fraction of sp³-hybridized carbons (Fsp3) is 0.600. The molecular formula is C10H20. The van der Waals surface area contributed by atoms with Gasteiger partial charge in [0, 0.05) is 0 Å². The van der Waals surface area contributed by atoms with Crippen LogP contribution in [0.4, 0.5) is 0 Å². The van der Waals surface area contributed by atoms with Crippen LogP contribution < -0.4 is 0 Å². The molecule has 0 fully saturated rings. The summed E-state index contributed by atoms with van der Waals surface area (Å²) in [5, 5.41) is 0. The van der Waals surface area contributed by atoms with Gasteiger partial charge < -0.3 is 0 Å². The van der Waals surface area contributed by atoms with Crippen molar-refractivity contribution in [3.05, 3.63) is 24.3 Å². The molecule has 0 saturated carbocycles. The van der Waals surface area contributed by atoms with Gasteiger partial charge in [0.1, 0.15) is 0 Å². The summed E-state index contributed by atoms with van der Waals surface area (Å²) >= 11 is 0. The highest BCUT2D eigenvalue weighted by molar-refractivity contribution is 5.15. The molecule has 1 aliphatic rings. The van der Waals surface area contributed by atoms with E-state index in [0.29, 0.717) is 5.92 Å². The Balaban J connectivity index is 0. The summed E-state index contributed by atoms with van der Waals surface area (Å²) in [6, 6.07) is 0. The quantitative estimate of drug-likeness (QED) is 0.480. The number of hydrogen-bond donors (Lipinski definition) is 0. The number of allylic oxidation sites excluding steroid dienone is 4. The van der Waals surface area contributed by atoms with Crippen LogP contribution in [0.5, 0.6) is 0 Å². The average Bonchev–Trinajstić information content (AvgIpc) is 2.48. The molecule has 1 rings (SSSR count). The first-order valence-electron chi connectivity index (χ1n) is 4.24. The minimum absolute atomic E-state index is 0.685. The molecule has 0 saturated heterocycles. The van der Waals surface area contributed by atoms with Crippen molar-refractivity contribution in [1.82, 2.24) is 0 Å². The molecule has 60 valence electrons. The molecule has 0 aromatic carbocycles. The van der Waals surface area contributed by atoms with E-state index in [9.17, 15) is 0 Å². The summed E-state index contributed by atoms with van der Waals surface area (Å²) in [4.78, 5) is 0.